The molecule has 0 saturated carbocycles. The number of carbonyl (C=O) groups excluding carboxylic acids is 1. The molecule has 0 N–H and O–H groups in total. The van der Waals surface area contributed by atoms with Crippen LogP contribution in [-0.2, 0) is 6.42 Å². The smallest absolute Gasteiger partial charge is 0.246 e. The van der Waals surface area contributed by atoms with Crippen LogP contribution in [0.2, 0.25) is 0 Å². The Morgan fingerprint density at radius 1 is 1.25 bits per heavy atom. The van der Waals surface area contributed by atoms with Crippen molar-refractivity contribution in [2.45, 2.75) is 13.3 Å². The van der Waals surface area contributed by atoms with Crippen molar-refractivity contribution in [3.63, 3.8) is 0 Å². The molecule has 1 heterocycles. The van der Waals surface area contributed by atoms with Gasteiger partial charge in [0.05, 0.1) is 20.4 Å². The summed E-state index contributed by atoms with van der Waals surface area (Å²) >= 11 is 0. The maximum absolute atomic E-state index is 12.3. The van der Waals surface area contributed by atoms with Crippen LogP contribution in [0, 0.1) is 6.92 Å². The van der Waals surface area contributed by atoms with Crippen molar-refractivity contribution in [2.24, 2.45) is 0 Å². The number of hydrogen-bond donors (Lipinski definition) is 0. The zero-order chi connectivity index (χ0) is 14.5. The van der Waals surface area contributed by atoms with Gasteiger partial charge < -0.3 is 9.47 Å². The van der Waals surface area contributed by atoms with E-state index in [9.17, 15) is 4.79 Å². The maximum atomic E-state index is 12.3. The highest BCUT2D eigenvalue weighted by Crippen LogP contribution is 2.19. The molecule has 2 rings (SSSR count). The van der Waals surface area contributed by atoms with Crippen molar-refractivity contribution in [2.75, 3.05) is 14.2 Å². The molecule has 0 spiro atoms. The third kappa shape index (κ3) is 3.12. The van der Waals surface area contributed by atoms with Crippen LogP contribution in [0.3, 0.4) is 0 Å². The Hall–Kier alpha value is -2.43. The number of rotatable bonds is 5. The van der Waals surface area contributed by atoms with Crippen molar-refractivity contribution in [3.05, 3.63) is 47.3 Å². The van der Waals surface area contributed by atoms with E-state index in [4.69, 9.17) is 9.47 Å². The number of hydrogen-bond acceptors (Lipinski definition) is 5. The Morgan fingerprint density at radius 2 is 2.05 bits per heavy atom. The molecule has 0 aliphatic carbocycles. The number of nitrogens with zero attached hydrogens (tertiary/aromatic N) is 2. The summed E-state index contributed by atoms with van der Waals surface area (Å²) in [6.07, 6.45) is 1.67. The first-order valence-corrected chi connectivity index (χ1v) is 6.18. The summed E-state index contributed by atoms with van der Waals surface area (Å²) in [4.78, 5) is 20.4. The second-order valence-electron chi connectivity index (χ2n) is 4.36. The highest BCUT2D eigenvalue weighted by Gasteiger charge is 2.17. The van der Waals surface area contributed by atoms with Gasteiger partial charge >= 0.3 is 0 Å². The monoisotopic (exact) mass is 272 g/mol. The number of methoxy groups -OCH3 is 2. The Balaban J connectivity index is 2.25. The van der Waals surface area contributed by atoms with Gasteiger partial charge in [-0.3, -0.25) is 4.79 Å². The zero-order valence-electron chi connectivity index (χ0n) is 11.7. The summed E-state index contributed by atoms with van der Waals surface area (Å²) in [6.45, 7) is 1.99. The number of ether oxygens (including phenoxy) is 2. The van der Waals surface area contributed by atoms with Crippen LogP contribution in [-0.4, -0.2) is 30.0 Å². The van der Waals surface area contributed by atoms with E-state index in [2.05, 4.69) is 9.97 Å². The summed E-state index contributed by atoms with van der Waals surface area (Å²) in [5, 5.41) is 0. The van der Waals surface area contributed by atoms with Gasteiger partial charge in [0.2, 0.25) is 11.8 Å². The standard InChI is InChI=1S/C15H16N2O3/c1-10-5-4-6-11(7-10)8-12(18)14-15(20-3)17-13(19-2)9-16-14/h4-7,9H,8H2,1-3H3. The van der Waals surface area contributed by atoms with Gasteiger partial charge in [0.15, 0.2) is 11.5 Å². The van der Waals surface area contributed by atoms with Crippen LogP contribution in [0.15, 0.2) is 30.5 Å². The molecule has 0 atom stereocenters. The molecule has 1 aromatic heterocycles. The van der Waals surface area contributed by atoms with Gasteiger partial charge in [-0.1, -0.05) is 29.8 Å². The molecule has 5 heteroatoms. The highest BCUT2D eigenvalue weighted by atomic mass is 16.5. The fourth-order valence-corrected chi connectivity index (χ4v) is 1.88. The second kappa shape index (κ2) is 6.14. The third-order valence-corrected chi connectivity index (χ3v) is 2.83. The summed E-state index contributed by atoms with van der Waals surface area (Å²) in [5.74, 6) is 0.360. The molecule has 0 unspecified atom stereocenters. The molecule has 0 fully saturated rings. The summed E-state index contributed by atoms with van der Waals surface area (Å²) < 4.78 is 10.1. The van der Waals surface area contributed by atoms with E-state index < -0.39 is 0 Å². The molecule has 0 aliphatic rings. The lowest BCUT2D eigenvalue weighted by Gasteiger charge is -2.07. The molecule has 1 aromatic carbocycles. The summed E-state index contributed by atoms with van der Waals surface area (Å²) in [6, 6.07) is 7.80. The molecule has 2 aromatic rings. The van der Waals surface area contributed by atoms with Crippen LogP contribution in [0.5, 0.6) is 11.8 Å². The van der Waals surface area contributed by atoms with Crippen molar-refractivity contribution in [1.29, 1.82) is 0 Å². The SMILES string of the molecule is COc1cnc(C(=O)Cc2cccc(C)c2)c(OC)n1. The van der Waals surface area contributed by atoms with Gasteiger partial charge in [-0.2, -0.15) is 4.98 Å². The fraction of sp³-hybridized carbons (Fsp3) is 0.267. The number of Topliss-reactive ketones (excluding diaryl/α,β-unsaturated/α-hetero) is 1. The van der Waals surface area contributed by atoms with Gasteiger partial charge in [0.1, 0.15) is 0 Å². The van der Waals surface area contributed by atoms with Crippen LogP contribution in [0.1, 0.15) is 21.6 Å². The largest absolute Gasteiger partial charge is 0.480 e. The van der Waals surface area contributed by atoms with Crippen LogP contribution in [0.25, 0.3) is 0 Å². The minimum absolute atomic E-state index is 0.136. The average Bonchev–Trinajstić information content (AvgIpc) is 2.46. The maximum Gasteiger partial charge on any atom is 0.246 e. The van der Waals surface area contributed by atoms with Gasteiger partial charge in [0.25, 0.3) is 0 Å². The molecule has 0 aliphatic heterocycles. The zero-order valence-corrected chi connectivity index (χ0v) is 11.7. The lowest BCUT2D eigenvalue weighted by Crippen LogP contribution is -2.10. The third-order valence-electron chi connectivity index (χ3n) is 2.83. The molecule has 0 saturated heterocycles. The topological polar surface area (TPSA) is 61.3 Å². The highest BCUT2D eigenvalue weighted by molar-refractivity contribution is 5.97. The molecule has 20 heavy (non-hydrogen) atoms. The first-order chi connectivity index (χ1) is 9.63. The van der Waals surface area contributed by atoms with Gasteiger partial charge in [-0.05, 0) is 12.5 Å². The Labute approximate surface area is 117 Å². The quantitative estimate of drug-likeness (QED) is 0.781. The fourth-order valence-electron chi connectivity index (χ4n) is 1.88. The number of carbonyl (C=O) groups is 1. The molecule has 0 amide bonds. The van der Waals surface area contributed by atoms with Crippen LogP contribution < -0.4 is 9.47 Å². The van der Waals surface area contributed by atoms with E-state index in [1.807, 2.05) is 31.2 Å². The van der Waals surface area contributed by atoms with E-state index in [0.29, 0.717) is 5.88 Å². The van der Waals surface area contributed by atoms with E-state index >= 15 is 0 Å². The predicted molar refractivity (Wildman–Crippen MR) is 74.3 cm³/mol. The minimum atomic E-state index is -0.136. The number of aromatic nitrogens is 2. The first kappa shape index (κ1) is 14.0. The lowest BCUT2D eigenvalue weighted by molar-refractivity contribution is 0.0984. The predicted octanol–water partition coefficient (Wildman–Crippen LogP) is 2.23. The number of aryl methyl sites for hydroxylation is 1. The van der Waals surface area contributed by atoms with Crippen molar-refractivity contribution in [3.8, 4) is 11.8 Å². The van der Waals surface area contributed by atoms with E-state index in [-0.39, 0.29) is 23.8 Å². The molecule has 0 radical (unpaired) electrons. The van der Waals surface area contributed by atoms with Crippen molar-refractivity contribution in [1.82, 2.24) is 9.97 Å². The van der Waals surface area contributed by atoms with Gasteiger partial charge in [-0.15, -0.1) is 0 Å². The number of benzene rings is 1. The minimum Gasteiger partial charge on any atom is -0.480 e. The summed E-state index contributed by atoms with van der Waals surface area (Å²) in [7, 11) is 2.94. The Morgan fingerprint density at radius 3 is 2.70 bits per heavy atom. The van der Waals surface area contributed by atoms with E-state index in [1.165, 1.54) is 20.4 Å². The molecule has 104 valence electrons. The summed E-state index contributed by atoms with van der Waals surface area (Å²) in [5.41, 5.74) is 2.27. The normalized spacial score (nSPS) is 10.2. The van der Waals surface area contributed by atoms with E-state index in [0.717, 1.165) is 11.1 Å². The average molecular weight is 272 g/mol. The number of ketones is 1. The van der Waals surface area contributed by atoms with Crippen LogP contribution >= 0.6 is 0 Å². The van der Waals surface area contributed by atoms with E-state index in [1.54, 1.807) is 0 Å². The molecule has 0 bridgehead atoms. The second-order valence-corrected chi connectivity index (χ2v) is 4.36. The molecule has 5 nitrogen and oxygen atoms in total. The first-order valence-electron chi connectivity index (χ1n) is 6.18. The lowest BCUT2D eigenvalue weighted by atomic mass is 10.0. The van der Waals surface area contributed by atoms with Crippen molar-refractivity contribution >= 4 is 5.78 Å². The molecular formula is C15H16N2O3. The Kier molecular flexibility index (Phi) is 4.30. The molecular weight excluding hydrogens is 256 g/mol. The van der Waals surface area contributed by atoms with Gasteiger partial charge in [-0.25, -0.2) is 4.98 Å². The Bertz CT molecular complexity index is 626. The van der Waals surface area contributed by atoms with Gasteiger partial charge in [0, 0.05) is 6.42 Å². The van der Waals surface area contributed by atoms with Crippen molar-refractivity contribution < 1.29 is 14.3 Å². The van der Waals surface area contributed by atoms with Crippen LogP contribution in [0.4, 0.5) is 0 Å².